The van der Waals surface area contributed by atoms with Gasteiger partial charge in [0.2, 0.25) is 5.82 Å². The number of nitrogens with zero attached hydrogens (tertiary/aromatic N) is 3. The molecule has 0 saturated carbocycles. The van der Waals surface area contributed by atoms with E-state index in [4.69, 9.17) is 0 Å². The number of hydrogen-bond acceptors (Lipinski definition) is 4. The van der Waals surface area contributed by atoms with Gasteiger partial charge in [0, 0.05) is 24.0 Å². The first-order valence-corrected chi connectivity index (χ1v) is 4.51. The molecule has 2 heterocycles. The largest absolute Gasteiger partial charge is 0.236 e. The summed E-state index contributed by atoms with van der Waals surface area (Å²) >= 11 is 1.50. The van der Waals surface area contributed by atoms with E-state index in [-0.39, 0.29) is 0 Å². The van der Waals surface area contributed by atoms with Crippen molar-refractivity contribution in [1.82, 2.24) is 15.0 Å². The lowest BCUT2D eigenvalue weighted by atomic mass is 10.5. The third kappa shape index (κ3) is 2.10. The van der Waals surface area contributed by atoms with Crippen LogP contribution in [0.15, 0.2) is 30.0 Å². The first kappa shape index (κ1) is 7.90. The molecule has 0 aliphatic rings. The Morgan fingerprint density at radius 3 is 2.54 bits per heavy atom. The number of thiazole rings is 1. The molecule has 3 nitrogen and oxygen atoms in total. The molecule has 0 aliphatic carbocycles. The number of aromatic nitrogens is 3. The molecule has 0 aromatic carbocycles. The zero-order chi connectivity index (χ0) is 8.93. The molecule has 13 heavy (non-hydrogen) atoms. The average molecular weight is 187 g/mol. The van der Waals surface area contributed by atoms with Crippen molar-refractivity contribution in [1.29, 1.82) is 0 Å². The molecular weight excluding hydrogens is 182 g/mol. The molecular formula is C9H5N3S. The van der Waals surface area contributed by atoms with Gasteiger partial charge in [-0.25, -0.2) is 15.0 Å². The van der Waals surface area contributed by atoms with Gasteiger partial charge in [-0.1, -0.05) is 0 Å². The summed E-state index contributed by atoms with van der Waals surface area (Å²) in [4.78, 5) is 12.0. The topological polar surface area (TPSA) is 38.7 Å². The highest BCUT2D eigenvalue weighted by molar-refractivity contribution is 7.10. The van der Waals surface area contributed by atoms with Crippen LogP contribution < -0.4 is 0 Å². The van der Waals surface area contributed by atoms with Gasteiger partial charge >= 0.3 is 0 Å². The minimum Gasteiger partial charge on any atom is -0.236 e. The third-order valence-electron chi connectivity index (χ3n) is 1.28. The van der Waals surface area contributed by atoms with Gasteiger partial charge in [-0.2, -0.15) is 0 Å². The fourth-order valence-corrected chi connectivity index (χ4v) is 1.24. The van der Waals surface area contributed by atoms with Gasteiger partial charge in [0.1, 0.15) is 0 Å². The van der Waals surface area contributed by atoms with Gasteiger partial charge in [0.25, 0.3) is 0 Å². The lowest BCUT2D eigenvalue weighted by molar-refractivity contribution is 1.13. The van der Waals surface area contributed by atoms with Gasteiger partial charge in [0.15, 0.2) is 5.01 Å². The van der Waals surface area contributed by atoms with Crippen LogP contribution in [0.4, 0.5) is 0 Å². The van der Waals surface area contributed by atoms with E-state index in [0.717, 1.165) is 5.01 Å². The van der Waals surface area contributed by atoms with Crippen LogP contribution in [0.25, 0.3) is 0 Å². The Morgan fingerprint density at radius 1 is 1.00 bits per heavy atom. The maximum Gasteiger partial charge on any atom is 0.205 e. The van der Waals surface area contributed by atoms with E-state index in [2.05, 4.69) is 26.8 Å². The van der Waals surface area contributed by atoms with E-state index in [1.54, 1.807) is 24.7 Å². The van der Waals surface area contributed by atoms with Crippen molar-refractivity contribution >= 4 is 11.3 Å². The molecule has 0 atom stereocenters. The first-order chi connectivity index (χ1) is 6.45. The molecule has 0 saturated heterocycles. The fraction of sp³-hybridized carbons (Fsp3) is 0. The molecule has 62 valence electrons. The van der Waals surface area contributed by atoms with E-state index in [0.29, 0.717) is 5.82 Å². The summed E-state index contributed by atoms with van der Waals surface area (Å²) in [6, 6.07) is 1.76. The van der Waals surface area contributed by atoms with Gasteiger partial charge in [0.05, 0.1) is 0 Å². The van der Waals surface area contributed by atoms with Gasteiger partial charge in [-0.3, -0.25) is 0 Å². The van der Waals surface area contributed by atoms with Crippen molar-refractivity contribution in [2.45, 2.75) is 0 Å². The number of hydrogen-bond donors (Lipinski definition) is 0. The third-order valence-corrected chi connectivity index (χ3v) is 1.97. The zero-order valence-electron chi connectivity index (χ0n) is 6.64. The van der Waals surface area contributed by atoms with Crippen molar-refractivity contribution in [3.05, 3.63) is 40.9 Å². The van der Waals surface area contributed by atoms with Crippen molar-refractivity contribution < 1.29 is 0 Å². The molecule has 4 heteroatoms. The Kier molecular flexibility index (Phi) is 2.30. The molecule has 0 unspecified atom stereocenters. The minimum atomic E-state index is 0.526. The standard InChI is InChI=1S/C9H5N3S/c1-4-10-8(11-5-1)2-3-9-12-6-7-13-9/h1,4-7H. The molecule has 0 aliphatic heterocycles. The van der Waals surface area contributed by atoms with Crippen LogP contribution in [0.2, 0.25) is 0 Å². The van der Waals surface area contributed by atoms with Crippen LogP contribution in [-0.2, 0) is 0 Å². The Morgan fingerprint density at radius 2 is 1.85 bits per heavy atom. The van der Waals surface area contributed by atoms with E-state index in [9.17, 15) is 0 Å². The van der Waals surface area contributed by atoms with Crippen molar-refractivity contribution in [3.8, 4) is 11.8 Å². The summed E-state index contributed by atoms with van der Waals surface area (Å²) in [6.45, 7) is 0. The van der Waals surface area contributed by atoms with Crippen molar-refractivity contribution in [2.24, 2.45) is 0 Å². The van der Waals surface area contributed by atoms with Crippen molar-refractivity contribution in [2.75, 3.05) is 0 Å². The minimum absolute atomic E-state index is 0.526. The summed E-state index contributed by atoms with van der Waals surface area (Å²) in [6.07, 6.45) is 5.05. The lowest BCUT2D eigenvalue weighted by Crippen LogP contribution is -1.84. The van der Waals surface area contributed by atoms with Gasteiger partial charge < -0.3 is 0 Å². The molecule has 0 spiro atoms. The normalized spacial score (nSPS) is 8.92. The SMILES string of the molecule is C(#Cc1nccs1)c1ncccn1. The second kappa shape index (κ2) is 3.78. The van der Waals surface area contributed by atoms with Crippen LogP contribution in [0, 0.1) is 11.8 Å². The van der Waals surface area contributed by atoms with Crippen LogP contribution >= 0.6 is 11.3 Å². The first-order valence-electron chi connectivity index (χ1n) is 3.64. The fourth-order valence-electron chi connectivity index (χ4n) is 0.758. The molecule has 0 bridgehead atoms. The summed E-state index contributed by atoms with van der Waals surface area (Å²) in [5.41, 5.74) is 0. The predicted molar refractivity (Wildman–Crippen MR) is 50.1 cm³/mol. The smallest absolute Gasteiger partial charge is 0.205 e. The Balaban J connectivity index is 2.23. The predicted octanol–water partition coefficient (Wildman–Crippen LogP) is 1.33. The average Bonchev–Trinajstić information content (AvgIpc) is 2.69. The summed E-state index contributed by atoms with van der Waals surface area (Å²) in [5, 5.41) is 2.67. The summed E-state index contributed by atoms with van der Waals surface area (Å²) < 4.78 is 0. The van der Waals surface area contributed by atoms with E-state index in [1.165, 1.54) is 11.3 Å². The van der Waals surface area contributed by atoms with E-state index >= 15 is 0 Å². The van der Waals surface area contributed by atoms with Crippen LogP contribution in [0.3, 0.4) is 0 Å². The van der Waals surface area contributed by atoms with Crippen LogP contribution in [0.5, 0.6) is 0 Å². The maximum absolute atomic E-state index is 4.02. The Labute approximate surface area is 79.5 Å². The Bertz CT molecular complexity index is 425. The quantitative estimate of drug-likeness (QED) is 0.584. The van der Waals surface area contributed by atoms with E-state index < -0.39 is 0 Å². The van der Waals surface area contributed by atoms with Crippen molar-refractivity contribution in [3.63, 3.8) is 0 Å². The highest BCUT2D eigenvalue weighted by Gasteiger charge is 1.88. The highest BCUT2D eigenvalue weighted by atomic mass is 32.1. The maximum atomic E-state index is 4.02. The van der Waals surface area contributed by atoms with Crippen LogP contribution in [0.1, 0.15) is 10.8 Å². The molecule has 0 amide bonds. The Hall–Kier alpha value is -1.73. The molecule has 2 aromatic heterocycles. The summed E-state index contributed by atoms with van der Waals surface area (Å²) in [7, 11) is 0. The van der Waals surface area contributed by atoms with Gasteiger partial charge in [-0.15, -0.1) is 11.3 Å². The second-order valence-corrected chi connectivity index (χ2v) is 3.05. The highest BCUT2D eigenvalue weighted by Crippen LogP contribution is 2.00. The molecule has 2 rings (SSSR count). The van der Waals surface area contributed by atoms with E-state index in [1.807, 2.05) is 5.38 Å². The van der Waals surface area contributed by atoms with Gasteiger partial charge in [-0.05, 0) is 17.9 Å². The second-order valence-electron chi connectivity index (χ2n) is 2.16. The molecule has 2 aromatic rings. The molecule has 0 N–H and O–H groups in total. The van der Waals surface area contributed by atoms with Crippen LogP contribution in [-0.4, -0.2) is 15.0 Å². The lowest BCUT2D eigenvalue weighted by Gasteiger charge is -1.83. The zero-order valence-corrected chi connectivity index (χ0v) is 7.45. The monoisotopic (exact) mass is 187 g/mol. The summed E-state index contributed by atoms with van der Waals surface area (Å²) in [5.74, 6) is 6.22. The number of rotatable bonds is 0. The molecule has 0 fully saturated rings. The molecule has 0 radical (unpaired) electrons.